The number of hydrogen-bond acceptors (Lipinski definition) is 3. The number of carbonyl (C=O) groups is 1. The molecule has 0 radical (unpaired) electrons. The fourth-order valence-corrected chi connectivity index (χ4v) is 1.68. The van der Waals surface area contributed by atoms with Gasteiger partial charge in [0.05, 0.1) is 11.0 Å². The van der Waals surface area contributed by atoms with Crippen LogP contribution in [0.1, 0.15) is 5.82 Å². The van der Waals surface area contributed by atoms with Crippen molar-refractivity contribution in [1.82, 2.24) is 9.55 Å². The van der Waals surface area contributed by atoms with Crippen LogP contribution in [-0.2, 0) is 22.7 Å². The van der Waals surface area contributed by atoms with E-state index in [0.29, 0.717) is 12.4 Å². The van der Waals surface area contributed by atoms with Gasteiger partial charge in [-0.15, -0.1) is 12.4 Å². The first kappa shape index (κ1) is 13.5. The number of para-hydroxylation sites is 2. The summed E-state index contributed by atoms with van der Waals surface area (Å²) in [6.45, 7) is 0.209. The molecule has 1 aromatic carbocycles. The van der Waals surface area contributed by atoms with E-state index in [0.717, 1.165) is 11.0 Å². The van der Waals surface area contributed by atoms with Crippen LogP contribution in [0.15, 0.2) is 24.3 Å². The zero-order chi connectivity index (χ0) is 11.5. The second-order valence-electron chi connectivity index (χ2n) is 3.43. The van der Waals surface area contributed by atoms with Gasteiger partial charge < -0.3 is 14.4 Å². The van der Waals surface area contributed by atoms with Gasteiger partial charge in [-0.25, -0.2) is 4.98 Å². The van der Waals surface area contributed by atoms with Crippen molar-refractivity contribution < 1.29 is 14.6 Å². The Bertz CT molecular complexity index is 524. The van der Waals surface area contributed by atoms with Gasteiger partial charge in [0.25, 0.3) is 0 Å². The number of methoxy groups -OCH3 is 1. The average molecular weight is 257 g/mol. The number of benzene rings is 1. The van der Waals surface area contributed by atoms with Crippen molar-refractivity contribution in [3.05, 3.63) is 30.1 Å². The Morgan fingerprint density at radius 2 is 2.18 bits per heavy atom. The van der Waals surface area contributed by atoms with Crippen LogP contribution < -0.4 is 0 Å². The maximum Gasteiger partial charge on any atom is 0.323 e. The Morgan fingerprint density at radius 1 is 1.47 bits per heavy atom. The smallest absolute Gasteiger partial charge is 0.323 e. The number of hydrogen-bond donors (Lipinski definition) is 1. The van der Waals surface area contributed by atoms with Gasteiger partial charge >= 0.3 is 5.97 Å². The van der Waals surface area contributed by atoms with Gasteiger partial charge in [0.2, 0.25) is 0 Å². The third-order valence-corrected chi connectivity index (χ3v) is 2.30. The van der Waals surface area contributed by atoms with Crippen molar-refractivity contribution in [2.45, 2.75) is 13.2 Å². The summed E-state index contributed by atoms with van der Waals surface area (Å²) in [4.78, 5) is 15.1. The molecule has 0 bridgehead atoms. The molecule has 5 nitrogen and oxygen atoms in total. The molecule has 1 N–H and O–H groups in total. The third-order valence-electron chi connectivity index (χ3n) is 2.30. The van der Waals surface area contributed by atoms with Gasteiger partial charge in [-0.1, -0.05) is 12.1 Å². The summed E-state index contributed by atoms with van der Waals surface area (Å²) in [5.74, 6) is -0.258. The summed E-state index contributed by atoms with van der Waals surface area (Å²) in [6.07, 6.45) is 0. The molecule has 0 fully saturated rings. The quantitative estimate of drug-likeness (QED) is 0.904. The van der Waals surface area contributed by atoms with Crippen LogP contribution in [0.25, 0.3) is 11.0 Å². The predicted molar refractivity (Wildman–Crippen MR) is 65.3 cm³/mol. The average Bonchev–Trinajstić information content (AvgIpc) is 2.57. The highest BCUT2D eigenvalue weighted by molar-refractivity contribution is 5.85. The van der Waals surface area contributed by atoms with Gasteiger partial charge in [-0.05, 0) is 12.1 Å². The molecular formula is C11H13ClN2O3. The standard InChI is InChI=1S/C11H12N2O3.ClH/c1-16-7-10-12-8-4-2-3-5-9(8)13(10)6-11(14)15;/h2-5H,6-7H2,1H3,(H,14,15);1H. The fraction of sp³-hybridized carbons (Fsp3) is 0.273. The van der Waals surface area contributed by atoms with Crippen LogP contribution in [0.5, 0.6) is 0 Å². The zero-order valence-electron chi connectivity index (χ0n) is 9.29. The Labute approximate surface area is 104 Å². The number of carboxylic acid groups (broad SMARTS) is 1. The molecule has 2 rings (SSSR count). The van der Waals surface area contributed by atoms with E-state index in [1.165, 1.54) is 0 Å². The lowest BCUT2D eigenvalue weighted by Crippen LogP contribution is -2.12. The molecule has 92 valence electrons. The fourth-order valence-electron chi connectivity index (χ4n) is 1.68. The predicted octanol–water partition coefficient (Wildman–Crippen LogP) is 1.69. The molecule has 1 heterocycles. The van der Waals surface area contributed by atoms with Crippen LogP contribution in [0.3, 0.4) is 0 Å². The minimum atomic E-state index is -0.888. The maximum atomic E-state index is 10.8. The van der Waals surface area contributed by atoms with E-state index < -0.39 is 5.97 Å². The van der Waals surface area contributed by atoms with E-state index in [2.05, 4.69) is 4.98 Å². The zero-order valence-corrected chi connectivity index (χ0v) is 10.1. The van der Waals surface area contributed by atoms with Crippen LogP contribution >= 0.6 is 12.4 Å². The normalized spacial score (nSPS) is 10.2. The van der Waals surface area contributed by atoms with Crippen LogP contribution in [-0.4, -0.2) is 27.7 Å². The van der Waals surface area contributed by atoms with Gasteiger partial charge in [0.15, 0.2) is 0 Å². The number of aliphatic carboxylic acids is 1. The molecule has 6 heteroatoms. The minimum absolute atomic E-state index is 0. The molecule has 0 aliphatic carbocycles. The number of rotatable bonds is 4. The third kappa shape index (κ3) is 2.75. The number of aromatic nitrogens is 2. The molecule has 0 aliphatic rings. The second kappa shape index (κ2) is 5.65. The SMILES string of the molecule is COCc1nc2ccccc2n1CC(=O)O.Cl. The topological polar surface area (TPSA) is 64.4 Å². The maximum absolute atomic E-state index is 10.8. The molecule has 0 unspecified atom stereocenters. The van der Waals surface area contributed by atoms with E-state index in [1.54, 1.807) is 11.7 Å². The van der Waals surface area contributed by atoms with Crippen molar-refractivity contribution in [1.29, 1.82) is 0 Å². The number of ether oxygens (including phenoxy) is 1. The van der Waals surface area contributed by atoms with Crippen molar-refractivity contribution in [2.24, 2.45) is 0 Å². The Balaban J connectivity index is 0.00000144. The Kier molecular flexibility index (Phi) is 4.48. The van der Waals surface area contributed by atoms with Crippen LogP contribution in [0.4, 0.5) is 0 Å². The van der Waals surface area contributed by atoms with Gasteiger partial charge in [-0.2, -0.15) is 0 Å². The van der Waals surface area contributed by atoms with Crippen molar-refractivity contribution >= 4 is 29.4 Å². The van der Waals surface area contributed by atoms with E-state index in [9.17, 15) is 4.79 Å². The monoisotopic (exact) mass is 256 g/mol. The van der Waals surface area contributed by atoms with E-state index in [-0.39, 0.29) is 19.0 Å². The lowest BCUT2D eigenvalue weighted by molar-refractivity contribution is -0.137. The lowest BCUT2D eigenvalue weighted by Gasteiger charge is -2.04. The van der Waals surface area contributed by atoms with E-state index in [1.807, 2.05) is 24.3 Å². The van der Waals surface area contributed by atoms with Gasteiger partial charge in [-0.3, -0.25) is 4.79 Å². The summed E-state index contributed by atoms with van der Waals surface area (Å²) in [5, 5.41) is 8.85. The minimum Gasteiger partial charge on any atom is -0.480 e. The summed E-state index contributed by atoms with van der Waals surface area (Å²) < 4.78 is 6.66. The molecule has 0 saturated heterocycles. The second-order valence-corrected chi connectivity index (χ2v) is 3.43. The van der Waals surface area contributed by atoms with Crippen LogP contribution in [0.2, 0.25) is 0 Å². The Hall–Kier alpha value is -1.59. The lowest BCUT2D eigenvalue weighted by atomic mass is 10.3. The molecule has 0 saturated carbocycles. The Morgan fingerprint density at radius 3 is 2.82 bits per heavy atom. The highest BCUT2D eigenvalue weighted by Crippen LogP contribution is 2.16. The summed E-state index contributed by atoms with van der Waals surface area (Å²) >= 11 is 0. The van der Waals surface area contributed by atoms with Crippen molar-refractivity contribution in [2.75, 3.05) is 7.11 Å². The highest BCUT2D eigenvalue weighted by atomic mass is 35.5. The number of halogens is 1. The molecule has 0 spiro atoms. The number of nitrogens with zero attached hydrogens (tertiary/aromatic N) is 2. The molecule has 1 aromatic heterocycles. The molecular weight excluding hydrogens is 244 g/mol. The van der Waals surface area contributed by atoms with Crippen LogP contribution in [0, 0.1) is 0 Å². The van der Waals surface area contributed by atoms with E-state index >= 15 is 0 Å². The summed E-state index contributed by atoms with van der Waals surface area (Å²) in [7, 11) is 1.56. The van der Waals surface area contributed by atoms with Gasteiger partial charge in [0.1, 0.15) is 19.0 Å². The largest absolute Gasteiger partial charge is 0.480 e. The molecule has 0 atom stereocenters. The highest BCUT2D eigenvalue weighted by Gasteiger charge is 2.12. The molecule has 2 aromatic rings. The number of imidazole rings is 1. The summed E-state index contributed by atoms with van der Waals surface area (Å²) in [6, 6.07) is 7.44. The summed E-state index contributed by atoms with van der Waals surface area (Å²) in [5.41, 5.74) is 1.60. The van der Waals surface area contributed by atoms with Crippen molar-refractivity contribution in [3.63, 3.8) is 0 Å². The van der Waals surface area contributed by atoms with Crippen molar-refractivity contribution in [3.8, 4) is 0 Å². The van der Waals surface area contributed by atoms with Gasteiger partial charge in [0, 0.05) is 7.11 Å². The van der Waals surface area contributed by atoms with E-state index in [4.69, 9.17) is 9.84 Å². The molecule has 0 aliphatic heterocycles. The first-order valence-electron chi connectivity index (χ1n) is 4.87. The number of fused-ring (bicyclic) bond motifs is 1. The number of carboxylic acids is 1. The molecule has 0 amide bonds. The first-order chi connectivity index (χ1) is 7.72. The first-order valence-corrected chi connectivity index (χ1v) is 4.87. The molecule has 17 heavy (non-hydrogen) atoms.